The van der Waals surface area contributed by atoms with Crippen molar-refractivity contribution in [1.82, 2.24) is 0 Å². The van der Waals surface area contributed by atoms with Crippen molar-refractivity contribution >= 4 is 0 Å². The van der Waals surface area contributed by atoms with E-state index in [0.29, 0.717) is 5.75 Å². The number of hydrogen-bond acceptors (Lipinski definition) is 1. The van der Waals surface area contributed by atoms with Gasteiger partial charge in [0.1, 0.15) is 5.75 Å². The van der Waals surface area contributed by atoms with Crippen LogP contribution >= 0.6 is 0 Å². The highest BCUT2D eigenvalue weighted by atomic mass is 16.3. The summed E-state index contributed by atoms with van der Waals surface area (Å²) in [6, 6.07) is 7.59. The van der Waals surface area contributed by atoms with Gasteiger partial charge in [-0.2, -0.15) is 0 Å². The molecule has 0 aliphatic heterocycles. The van der Waals surface area contributed by atoms with E-state index in [1.165, 1.54) is 24.8 Å². The van der Waals surface area contributed by atoms with Gasteiger partial charge < -0.3 is 5.11 Å². The molecule has 1 aliphatic rings. The number of hydrogen-bond donors (Lipinski definition) is 1. The van der Waals surface area contributed by atoms with E-state index < -0.39 is 0 Å². The molecule has 0 aromatic heterocycles. The molecule has 0 amide bonds. The first-order valence-corrected chi connectivity index (χ1v) is 4.62. The minimum Gasteiger partial charge on any atom is -0.508 e. The van der Waals surface area contributed by atoms with Gasteiger partial charge in [0.05, 0.1) is 0 Å². The van der Waals surface area contributed by atoms with Crippen molar-refractivity contribution in [2.75, 3.05) is 0 Å². The highest BCUT2D eigenvalue weighted by molar-refractivity contribution is 5.27. The van der Waals surface area contributed by atoms with Gasteiger partial charge in [0, 0.05) is 0 Å². The molecule has 0 heterocycles. The van der Waals surface area contributed by atoms with E-state index in [1.807, 2.05) is 12.1 Å². The first-order chi connectivity index (χ1) is 5.84. The molecule has 1 aromatic carbocycles. The second-order valence-corrected chi connectivity index (χ2v) is 3.65. The van der Waals surface area contributed by atoms with Crippen LogP contribution in [0.1, 0.15) is 24.8 Å². The van der Waals surface area contributed by atoms with E-state index >= 15 is 0 Å². The summed E-state index contributed by atoms with van der Waals surface area (Å²) in [7, 11) is 0. The van der Waals surface area contributed by atoms with Gasteiger partial charge in [-0.15, -0.1) is 0 Å². The molecule has 1 nitrogen and oxygen atoms in total. The summed E-state index contributed by atoms with van der Waals surface area (Å²) < 4.78 is 0. The molecule has 1 fully saturated rings. The third kappa shape index (κ3) is 2.00. The molecule has 0 spiro atoms. The summed E-state index contributed by atoms with van der Waals surface area (Å²) in [5.41, 5.74) is 1.27. The molecule has 1 saturated carbocycles. The lowest BCUT2D eigenvalue weighted by atomic mass is 10.1. The van der Waals surface area contributed by atoms with Crippen LogP contribution in [-0.2, 0) is 6.42 Å². The minimum atomic E-state index is 0.392. The van der Waals surface area contributed by atoms with Crippen LogP contribution in [0, 0.1) is 5.92 Å². The van der Waals surface area contributed by atoms with E-state index in [9.17, 15) is 5.11 Å². The fourth-order valence-electron chi connectivity index (χ4n) is 1.49. The SMILES string of the molecule is Oc1cccc(CCC2CC2)c1. The summed E-state index contributed by atoms with van der Waals surface area (Å²) in [5, 5.41) is 9.19. The van der Waals surface area contributed by atoms with Crippen molar-refractivity contribution in [2.45, 2.75) is 25.7 Å². The predicted octanol–water partition coefficient (Wildman–Crippen LogP) is 2.73. The summed E-state index contributed by atoms with van der Waals surface area (Å²) in [4.78, 5) is 0. The number of benzene rings is 1. The molecular weight excluding hydrogens is 148 g/mol. The van der Waals surface area contributed by atoms with Crippen LogP contribution in [0.25, 0.3) is 0 Å². The molecule has 0 radical (unpaired) electrons. The minimum absolute atomic E-state index is 0.392. The van der Waals surface area contributed by atoms with Crippen LogP contribution < -0.4 is 0 Å². The van der Waals surface area contributed by atoms with E-state index in [1.54, 1.807) is 6.07 Å². The number of aryl methyl sites for hydroxylation is 1. The van der Waals surface area contributed by atoms with Gasteiger partial charge in [-0.1, -0.05) is 25.0 Å². The quantitative estimate of drug-likeness (QED) is 0.724. The summed E-state index contributed by atoms with van der Waals surface area (Å²) in [5.74, 6) is 1.37. The Balaban J connectivity index is 1.92. The van der Waals surface area contributed by atoms with Crippen molar-refractivity contribution in [3.05, 3.63) is 29.8 Å². The summed E-state index contributed by atoms with van der Waals surface area (Å²) in [6.07, 6.45) is 5.25. The fraction of sp³-hybridized carbons (Fsp3) is 0.455. The Labute approximate surface area is 73.0 Å². The Kier molecular flexibility index (Phi) is 2.03. The van der Waals surface area contributed by atoms with Crippen LogP contribution in [0.4, 0.5) is 0 Å². The van der Waals surface area contributed by atoms with Gasteiger partial charge in [-0.05, 0) is 36.5 Å². The first-order valence-electron chi connectivity index (χ1n) is 4.62. The second-order valence-electron chi connectivity index (χ2n) is 3.65. The lowest BCUT2D eigenvalue weighted by Crippen LogP contribution is -1.85. The maximum atomic E-state index is 9.19. The molecule has 0 unspecified atom stereocenters. The van der Waals surface area contributed by atoms with Crippen LogP contribution in [-0.4, -0.2) is 5.11 Å². The highest BCUT2D eigenvalue weighted by Crippen LogP contribution is 2.33. The molecule has 0 atom stereocenters. The lowest BCUT2D eigenvalue weighted by Gasteiger charge is -1.99. The molecule has 1 N–H and O–H groups in total. The maximum absolute atomic E-state index is 9.19. The monoisotopic (exact) mass is 162 g/mol. The van der Waals surface area contributed by atoms with E-state index in [4.69, 9.17) is 0 Å². The van der Waals surface area contributed by atoms with Crippen molar-refractivity contribution in [3.63, 3.8) is 0 Å². The zero-order valence-corrected chi connectivity index (χ0v) is 7.16. The Morgan fingerprint density at radius 2 is 2.17 bits per heavy atom. The summed E-state index contributed by atoms with van der Waals surface area (Å²) >= 11 is 0. The molecule has 1 aromatic rings. The number of rotatable bonds is 3. The molecule has 1 heteroatoms. The molecule has 12 heavy (non-hydrogen) atoms. The zero-order chi connectivity index (χ0) is 8.39. The van der Waals surface area contributed by atoms with Gasteiger partial charge in [-0.25, -0.2) is 0 Å². The Morgan fingerprint density at radius 3 is 2.83 bits per heavy atom. The lowest BCUT2D eigenvalue weighted by molar-refractivity contribution is 0.474. The number of phenols is 1. The smallest absolute Gasteiger partial charge is 0.115 e. The van der Waals surface area contributed by atoms with Gasteiger partial charge >= 0.3 is 0 Å². The predicted molar refractivity (Wildman–Crippen MR) is 49.2 cm³/mol. The van der Waals surface area contributed by atoms with Crippen LogP contribution in [0.15, 0.2) is 24.3 Å². The molecule has 1 aliphatic carbocycles. The van der Waals surface area contributed by atoms with Gasteiger partial charge in [0.15, 0.2) is 0 Å². The normalized spacial score (nSPS) is 16.3. The highest BCUT2D eigenvalue weighted by Gasteiger charge is 2.20. The molecule has 64 valence electrons. The second kappa shape index (κ2) is 3.18. The van der Waals surface area contributed by atoms with Crippen LogP contribution in [0.2, 0.25) is 0 Å². The van der Waals surface area contributed by atoms with E-state index in [-0.39, 0.29) is 0 Å². The van der Waals surface area contributed by atoms with Gasteiger partial charge in [0.2, 0.25) is 0 Å². The fourth-order valence-corrected chi connectivity index (χ4v) is 1.49. The standard InChI is InChI=1S/C11H14O/c12-11-3-1-2-10(8-11)7-6-9-4-5-9/h1-3,8-9,12H,4-7H2. The molecule has 2 rings (SSSR count). The first kappa shape index (κ1) is 7.66. The largest absolute Gasteiger partial charge is 0.508 e. The number of aromatic hydroxyl groups is 1. The van der Waals surface area contributed by atoms with Crippen molar-refractivity contribution in [3.8, 4) is 5.75 Å². The number of phenolic OH excluding ortho intramolecular Hbond substituents is 1. The van der Waals surface area contributed by atoms with E-state index in [2.05, 4.69) is 6.07 Å². The summed E-state index contributed by atoms with van der Waals surface area (Å²) in [6.45, 7) is 0. The average Bonchev–Trinajstić information content (AvgIpc) is 2.84. The average molecular weight is 162 g/mol. The maximum Gasteiger partial charge on any atom is 0.115 e. The van der Waals surface area contributed by atoms with Crippen molar-refractivity contribution in [2.24, 2.45) is 5.92 Å². The Morgan fingerprint density at radius 1 is 1.33 bits per heavy atom. The molecular formula is C11H14O. The third-order valence-corrected chi connectivity index (χ3v) is 2.45. The van der Waals surface area contributed by atoms with Crippen molar-refractivity contribution < 1.29 is 5.11 Å². The topological polar surface area (TPSA) is 20.2 Å². The Bertz CT molecular complexity index is 263. The van der Waals surface area contributed by atoms with Crippen LogP contribution in [0.5, 0.6) is 5.75 Å². The van der Waals surface area contributed by atoms with Gasteiger partial charge in [0.25, 0.3) is 0 Å². The zero-order valence-electron chi connectivity index (χ0n) is 7.16. The van der Waals surface area contributed by atoms with Crippen LogP contribution in [0.3, 0.4) is 0 Å². The van der Waals surface area contributed by atoms with Gasteiger partial charge in [-0.3, -0.25) is 0 Å². The molecule has 0 bridgehead atoms. The third-order valence-electron chi connectivity index (χ3n) is 2.45. The van der Waals surface area contributed by atoms with E-state index in [0.717, 1.165) is 12.3 Å². The van der Waals surface area contributed by atoms with Crippen molar-refractivity contribution in [1.29, 1.82) is 0 Å². The Hall–Kier alpha value is -0.980. The molecule has 0 saturated heterocycles.